The summed E-state index contributed by atoms with van der Waals surface area (Å²) < 4.78 is 1.34. The summed E-state index contributed by atoms with van der Waals surface area (Å²) in [6.07, 6.45) is 4.30. The summed E-state index contributed by atoms with van der Waals surface area (Å²) in [5.41, 5.74) is 3.48. The standard InChI is InChI=1S/C21H30N4O2/c1-5-8-9-17-13-21(27)25(15-22-17)14-20(26)23-19-11-10-18(12-16(19)4)24(6-2)7-3/h10-13,15H,5-9,14H2,1-4H3,(H,23,26). The highest BCUT2D eigenvalue weighted by Gasteiger charge is 2.10. The van der Waals surface area contributed by atoms with Gasteiger partial charge in [0.2, 0.25) is 5.91 Å². The number of unbranched alkanes of at least 4 members (excludes halogenated alkanes) is 1. The zero-order valence-electron chi connectivity index (χ0n) is 16.8. The predicted octanol–water partition coefficient (Wildman–Crippen LogP) is 3.38. The summed E-state index contributed by atoms with van der Waals surface area (Å²) in [4.78, 5) is 31.1. The van der Waals surface area contributed by atoms with Gasteiger partial charge >= 0.3 is 0 Å². The normalized spacial score (nSPS) is 10.7. The van der Waals surface area contributed by atoms with Crippen LogP contribution in [0.25, 0.3) is 0 Å². The molecule has 146 valence electrons. The Morgan fingerprint density at radius 2 is 1.93 bits per heavy atom. The molecule has 0 bridgehead atoms. The van der Waals surface area contributed by atoms with Crippen molar-refractivity contribution < 1.29 is 4.79 Å². The fraction of sp³-hybridized carbons (Fsp3) is 0.476. The van der Waals surface area contributed by atoms with Crippen LogP contribution in [0.15, 0.2) is 35.4 Å². The van der Waals surface area contributed by atoms with Crippen molar-refractivity contribution in [3.63, 3.8) is 0 Å². The smallest absolute Gasteiger partial charge is 0.253 e. The molecule has 0 saturated heterocycles. The number of hydrogen-bond donors (Lipinski definition) is 1. The fourth-order valence-electron chi connectivity index (χ4n) is 2.99. The molecule has 1 N–H and O–H groups in total. The number of nitrogens with one attached hydrogen (secondary N) is 1. The Hall–Kier alpha value is -2.63. The summed E-state index contributed by atoms with van der Waals surface area (Å²) in [5, 5.41) is 2.89. The van der Waals surface area contributed by atoms with Crippen molar-refractivity contribution in [1.29, 1.82) is 0 Å². The lowest BCUT2D eigenvalue weighted by Gasteiger charge is -2.22. The minimum absolute atomic E-state index is 0.0445. The highest BCUT2D eigenvalue weighted by molar-refractivity contribution is 5.91. The molecule has 1 aromatic carbocycles. The topological polar surface area (TPSA) is 67.2 Å². The molecule has 0 fully saturated rings. The van der Waals surface area contributed by atoms with Gasteiger partial charge in [0.25, 0.3) is 5.56 Å². The van der Waals surface area contributed by atoms with Crippen molar-refractivity contribution in [1.82, 2.24) is 9.55 Å². The molecule has 0 unspecified atom stereocenters. The van der Waals surface area contributed by atoms with Gasteiger partial charge in [0.1, 0.15) is 6.54 Å². The second-order valence-corrected chi connectivity index (χ2v) is 6.67. The number of hydrogen-bond acceptors (Lipinski definition) is 4. The molecule has 27 heavy (non-hydrogen) atoms. The number of aryl methyl sites for hydroxylation is 2. The number of amides is 1. The molecular weight excluding hydrogens is 340 g/mol. The number of rotatable bonds is 9. The molecule has 1 aromatic heterocycles. The Balaban J connectivity index is 2.04. The molecule has 1 heterocycles. The molecule has 2 rings (SSSR count). The Kier molecular flexibility index (Phi) is 7.58. The van der Waals surface area contributed by atoms with E-state index in [1.807, 2.05) is 19.1 Å². The summed E-state index contributed by atoms with van der Waals surface area (Å²) in [6.45, 7) is 10.1. The van der Waals surface area contributed by atoms with Gasteiger partial charge in [-0.1, -0.05) is 13.3 Å². The highest BCUT2D eigenvalue weighted by Crippen LogP contribution is 2.22. The van der Waals surface area contributed by atoms with E-state index in [0.29, 0.717) is 0 Å². The van der Waals surface area contributed by atoms with Gasteiger partial charge in [-0.15, -0.1) is 0 Å². The molecule has 0 spiro atoms. The minimum Gasteiger partial charge on any atom is -0.372 e. The predicted molar refractivity (Wildman–Crippen MR) is 110 cm³/mol. The lowest BCUT2D eigenvalue weighted by Crippen LogP contribution is -2.28. The van der Waals surface area contributed by atoms with Gasteiger partial charge in [-0.05, 0) is 57.4 Å². The molecule has 2 aromatic rings. The van der Waals surface area contributed by atoms with E-state index in [-0.39, 0.29) is 18.0 Å². The van der Waals surface area contributed by atoms with E-state index in [2.05, 4.69) is 42.0 Å². The maximum absolute atomic E-state index is 12.4. The van der Waals surface area contributed by atoms with Gasteiger partial charge in [-0.2, -0.15) is 0 Å². The van der Waals surface area contributed by atoms with E-state index in [9.17, 15) is 9.59 Å². The average Bonchev–Trinajstić information content (AvgIpc) is 2.65. The van der Waals surface area contributed by atoms with E-state index in [0.717, 1.165) is 55.0 Å². The van der Waals surface area contributed by atoms with Gasteiger partial charge in [0.15, 0.2) is 0 Å². The first-order valence-electron chi connectivity index (χ1n) is 9.69. The molecule has 0 radical (unpaired) electrons. The molecule has 1 amide bonds. The van der Waals surface area contributed by atoms with Gasteiger partial charge in [0, 0.05) is 36.2 Å². The monoisotopic (exact) mass is 370 g/mol. The van der Waals surface area contributed by atoms with Crippen LogP contribution in [0.1, 0.15) is 44.9 Å². The van der Waals surface area contributed by atoms with Crippen LogP contribution in [0.2, 0.25) is 0 Å². The van der Waals surface area contributed by atoms with Crippen molar-refractivity contribution in [3.8, 4) is 0 Å². The van der Waals surface area contributed by atoms with Gasteiger partial charge in [-0.25, -0.2) is 4.98 Å². The van der Waals surface area contributed by atoms with Crippen molar-refractivity contribution in [2.75, 3.05) is 23.3 Å². The van der Waals surface area contributed by atoms with Crippen LogP contribution in [0.5, 0.6) is 0 Å². The number of carbonyl (C=O) groups is 1. The molecule has 0 aliphatic heterocycles. The second-order valence-electron chi connectivity index (χ2n) is 6.67. The summed E-state index contributed by atoms with van der Waals surface area (Å²) >= 11 is 0. The van der Waals surface area contributed by atoms with Crippen LogP contribution >= 0.6 is 0 Å². The number of carbonyl (C=O) groups excluding carboxylic acids is 1. The minimum atomic E-state index is -0.237. The summed E-state index contributed by atoms with van der Waals surface area (Å²) in [6, 6.07) is 7.51. The van der Waals surface area contributed by atoms with E-state index in [1.54, 1.807) is 0 Å². The maximum Gasteiger partial charge on any atom is 0.253 e. The zero-order valence-corrected chi connectivity index (χ0v) is 16.8. The lowest BCUT2D eigenvalue weighted by molar-refractivity contribution is -0.116. The zero-order chi connectivity index (χ0) is 19.8. The first-order valence-corrected chi connectivity index (χ1v) is 9.69. The third-order valence-electron chi connectivity index (χ3n) is 4.65. The Bertz CT molecular complexity index is 825. The lowest BCUT2D eigenvalue weighted by atomic mass is 10.1. The largest absolute Gasteiger partial charge is 0.372 e. The first-order chi connectivity index (χ1) is 13.0. The molecule has 0 atom stereocenters. The van der Waals surface area contributed by atoms with Crippen LogP contribution < -0.4 is 15.8 Å². The number of benzene rings is 1. The molecule has 6 heteroatoms. The van der Waals surface area contributed by atoms with Crippen LogP contribution in [0.3, 0.4) is 0 Å². The maximum atomic E-state index is 12.4. The third-order valence-corrected chi connectivity index (χ3v) is 4.65. The van der Waals surface area contributed by atoms with E-state index >= 15 is 0 Å². The van der Waals surface area contributed by atoms with Crippen molar-refractivity contribution in [3.05, 3.63) is 52.2 Å². The van der Waals surface area contributed by atoms with Crippen LogP contribution in [-0.4, -0.2) is 28.5 Å². The van der Waals surface area contributed by atoms with E-state index in [1.165, 1.54) is 17.0 Å². The Morgan fingerprint density at radius 3 is 2.52 bits per heavy atom. The summed E-state index contributed by atoms with van der Waals surface area (Å²) in [7, 11) is 0. The SMILES string of the molecule is CCCCc1cc(=O)n(CC(=O)Nc2ccc(N(CC)CC)cc2C)cn1. The molecule has 6 nitrogen and oxygen atoms in total. The van der Waals surface area contributed by atoms with Gasteiger partial charge in [0.05, 0.1) is 6.33 Å². The van der Waals surface area contributed by atoms with Crippen LogP contribution in [-0.2, 0) is 17.8 Å². The quantitative estimate of drug-likeness (QED) is 0.735. The van der Waals surface area contributed by atoms with Crippen LogP contribution in [0.4, 0.5) is 11.4 Å². The third kappa shape index (κ3) is 5.67. The van der Waals surface area contributed by atoms with Gasteiger partial charge in [-0.3, -0.25) is 14.2 Å². The van der Waals surface area contributed by atoms with E-state index < -0.39 is 0 Å². The number of aromatic nitrogens is 2. The first kappa shape index (κ1) is 20.7. The molecule has 0 aliphatic rings. The average molecular weight is 370 g/mol. The van der Waals surface area contributed by atoms with Crippen LogP contribution in [0, 0.1) is 6.92 Å². The van der Waals surface area contributed by atoms with Crippen molar-refractivity contribution >= 4 is 17.3 Å². The Labute approximate surface area is 161 Å². The number of anilines is 2. The van der Waals surface area contributed by atoms with Gasteiger partial charge < -0.3 is 10.2 Å². The summed E-state index contributed by atoms with van der Waals surface area (Å²) in [5.74, 6) is -0.237. The second kappa shape index (κ2) is 9.90. The van der Waals surface area contributed by atoms with E-state index in [4.69, 9.17) is 0 Å². The number of nitrogens with zero attached hydrogens (tertiary/aromatic N) is 3. The molecule has 0 aliphatic carbocycles. The molecule has 0 saturated carbocycles. The Morgan fingerprint density at radius 1 is 1.19 bits per heavy atom. The fourth-order valence-corrected chi connectivity index (χ4v) is 2.99. The molecular formula is C21H30N4O2. The van der Waals surface area contributed by atoms with Crippen molar-refractivity contribution in [2.45, 2.75) is 53.5 Å². The van der Waals surface area contributed by atoms with Crippen molar-refractivity contribution in [2.24, 2.45) is 0 Å². The highest BCUT2D eigenvalue weighted by atomic mass is 16.2.